The van der Waals surface area contributed by atoms with Crippen LogP contribution in [0.3, 0.4) is 0 Å². The number of aromatic nitrogens is 2. The van der Waals surface area contributed by atoms with Crippen molar-refractivity contribution < 1.29 is 9.53 Å². The lowest BCUT2D eigenvalue weighted by atomic mass is 10.2. The number of nitrogens with zero attached hydrogens (tertiary/aromatic N) is 3. The molecule has 1 aromatic rings. The van der Waals surface area contributed by atoms with Crippen LogP contribution in [0.25, 0.3) is 0 Å². The van der Waals surface area contributed by atoms with Gasteiger partial charge in [-0.15, -0.1) is 0 Å². The average Bonchev–Trinajstić information content (AvgIpc) is 2.23. The number of carbonyl (C=O) groups excluding carboxylic acids is 1. The fourth-order valence-corrected chi connectivity index (χ4v) is 1.85. The highest BCUT2D eigenvalue weighted by Gasteiger charge is 2.20. The first-order chi connectivity index (χ1) is 9.56. The van der Waals surface area contributed by atoms with Crippen LogP contribution >= 0.6 is 11.6 Å². The van der Waals surface area contributed by atoms with Crippen molar-refractivity contribution in [3.05, 3.63) is 17.0 Å². The first-order valence-electron chi connectivity index (χ1n) is 6.85. The number of anilines is 1. The molecule has 6 nitrogen and oxygen atoms in total. The first kappa shape index (κ1) is 17.5. The topological polar surface area (TPSA) is 67.4 Å². The zero-order valence-electron chi connectivity index (χ0n) is 13.4. The molecule has 0 bridgehead atoms. The normalized spacial score (nSPS) is 11.4. The summed E-state index contributed by atoms with van der Waals surface area (Å²) in [5.74, 6) is 0.848. The smallest absolute Gasteiger partial charge is 0.426 e. The summed E-state index contributed by atoms with van der Waals surface area (Å²) in [4.78, 5) is 20.1. The predicted molar refractivity (Wildman–Crippen MR) is 83.3 cm³/mol. The average molecular weight is 315 g/mol. The van der Waals surface area contributed by atoms with Crippen molar-refractivity contribution in [3.8, 4) is 0 Å². The molecule has 0 aliphatic carbocycles. The fraction of sp³-hybridized carbons (Fsp3) is 0.643. The molecule has 0 aliphatic rings. The summed E-state index contributed by atoms with van der Waals surface area (Å²) >= 11 is 5.88. The maximum Gasteiger partial charge on any atom is 0.426 e. The van der Waals surface area contributed by atoms with Crippen molar-refractivity contribution in [2.45, 2.75) is 47.1 Å². The summed E-state index contributed by atoms with van der Waals surface area (Å²) in [6.45, 7) is 11.9. The van der Waals surface area contributed by atoms with Gasteiger partial charge in [0.2, 0.25) is 5.28 Å². The lowest BCUT2D eigenvalue weighted by molar-refractivity contribution is 0.0519. The van der Waals surface area contributed by atoms with Crippen LogP contribution in [0.2, 0.25) is 5.28 Å². The number of carbonyl (C=O) groups is 1. The highest BCUT2D eigenvalue weighted by Crippen LogP contribution is 2.15. The Morgan fingerprint density at radius 1 is 1.43 bits per heavy atom. The third kappa shape index (κ3) is 6.62. The quantitative estimate of drug-likeness (QED) is 0.682. The SMILES string of the molecule is Cc1cc(N(CC(C)C)NC(=O)OC(C)(C)C)nc(Cl)n1. The van der Waals surface area contributed by atoms with E-state index in [0.717, 1.165) is 5.69 Å². The zero-order chi connectivity index (χ0) is 16.2. The van der Waals surface area contributed by atoms with Crippen LogP contribution in [0.4, 0.5) is 10.6 Å². The lowest BCUT2D eigenvalue weighted by Crippen LogP contribution is -2.47. The predicted octanol–water partition coefficient (Wildman–Crippen LogP) is 3.34. The van der Waals surface area contributed by atoms with Crippen LogP contribution in [0.5, 0.6) is 0 Å². The molecule has 1 N–H and O–H groups in total. The van der Waals surface area contributed by atoms with Gasteiger partial charge in [-0.1, -0.05) is 13.8 Å². The molecule has 0 aliphatic heterocycles. The van der Waals surface area contributed by atoms with E-state index in [9.17, 15) is 4.79 Å². The van der Waals surface area contributed by atoms with Crippen molar-refractivity contribution in [1.29, 1.82) is 0 Å². The third-order valence-corrected chi connectivity index (χ3v) is 2.43. The summed E-state index contributed by atoms with van der Waals surface area (Å²) in [6.07, 6.45) is -0.532. The van der Waals surface area contributed by atoms with Gasteiger partial charge < -0.3 is 4.74 Å². The number of halogens is 1. The molecule has 21 heavy (non-hydrogen) atoms. The van der Waals surface area contributed by atoms with Gasteiger partial charge >= 0.3 is 6.09 Å². The van der Waals surface area contributed by atoms with Crippen LogP contribution in [-0.4, -0.2) is 28.2 Å². The molecule has 1 aromatic heterocycles. The highest BCUT2D eigenvalue weighted by molar-refractivity contribution is 6.28. The first-order valence-corrected chi connectivity index (χ1v) is 7.23. The third-order valence-electron chi connectivity index (χ3n) is 2.26. The second kappa shape index (κ2) is 6.93. The summed E-state index contributed by atoms with van der Waals surface area (Å²) in [5, 5.41) is 1.77. The summed E-state index contributed by atoms with van der Waals surface area (Å²) < 4.78 is 5.26. The molecule has 0 fully saturated rings. The van der Waals surface area contributed by atoms with Gasteiger partial charge in [0.05, 0.1) is 0 Å². The molecule has 1 rings (SSSR count). The molecule has 0 aromatic carbocycles. The van der Waals surface area contributed by atoms with E-state index < -0.39 is 11.7 Å². The Morgan fingerprint density at radius 3 is 2.52 bits per heavy atom. The molecule has 1 heterocycles. The van der Waals surface area contributed by atoms with E-state index in [4.69, 9.17) is 16.3 Å². The molecule has 0 saturated heterocycles. The Bertz CT molecular complexity index is 480. The number of hydrogen-bond donors (Lipinski definition) is 1. The van der Waals surface area contributed by atoms with E-state index in [0.29, 0.717) is 18.3 Å². The van der Waals surface area contributed by atoms with Gasteiger partial charge in [-0.05, 0) is 45.2 Å². The van der Waals surface area contributed by atoms with E-state index in [1.165, 1.54) is 0 Å². The van der Waals surface area contributed by atoms with E-state index in [1.807, 2.05) is 41.5 Å². The van der Waals surface area contributed by atoms with Crippen LogP contribution in [-0.2, 0) is 4.74 Å². The van der Waals surface area contributed by atoms with Gasteiger partial charge in [0.1, 0.15) is 5.60 Å². The summed E-state index contributed by atoms with van der Waals surface area (Å²) in [6, 6.07) is 1.76. The van der Waals surface area contributed by atoms with Crippen molar-refractivity contribution in [2.24, 2.45) is 5.92 Å². The van der Waals surface area contributed by atoms with E-state index in [1.54, 1.807) is 11.1 Å². The van der Waals surface area contributed by atoms with E-state index >= 15 is 0 Å². The second-order valence-electron chi connectivity index (χ2n) is 6.25. The van der Waals surface area contributed by atoms with Crippen LogP contribution in [0.1, 0.15) is 40.3 Å². The molecule has 118 valence electrons. The van der Waals surface area contributed by atoms with Crippen molar-refractivity contribution >= 4 is 23.5 Å². The van der Waals surface area contributed by atoms with E-state index in [2.05, 4.69) is 15.4 Å². The molecular weight excluding hydrogens is 292 g/mol. The second-order valence-corrected chi connectivity index (χ2v) is 6.59. The Kier molecular flexibility index (Phi) is 5.78. The standard InChI is InChI=1S/C14H23ClN4O2/c1-9(2)8-19(18-13(20)21-14(4,5)6)11-7-10(3)16-12(15)17-11/h7,9H,8H2,1-6H3,(H,18,20). The van der Waals surface area contributed by atoms with Gasteiger partial charge in [-0.2, -0.15) is 4.98 Å². The molecule has 0 spiro atoms. The Balaban J connectivity index is 2.92. The van der Waals surface area contributed by atoms with Crippen molar-refractivity contribution in [3.63, 3.8) is 0 Å². The Labute approximate surface area is 130 Å². The maximum atomic E-state index is 11.9. The summed E-state index contributed by atoms with van der Waals surface area (Å²) in [7, 11) is 0. The lowest BCUT2D eigenvalue weighted by Gasteiger charge is -2.28. The highest BCUT2D eigenvalue weighted by atomic mass is 35.5. The number of amides is 1. The molecule has 0 radical (unpaired) electrons. The van der Waals surface area contributed by atoms with Crippen LogP contribution in [0.15, 0.2) is 6.07 Å². The Hall–Kier alpha value is -1.56. The molecular formula is C14H23ClN4O2. The van der Waals surface area contributed by atoms with Crippen molar-refractivity contribution in [1.82, 2.24) is 15.4 Å². The molecule has 0 saturated carbocycles. The van der Waals surface area contributed by atoms with Gasteiger partial charge in [0, 0.05) is 18.3 Å². The zero-order valence-corrected chi connectivity index (χ0v) is 14.2. The largest absolute Gasteiger partial charge is 0.443 e. The molecule has 0 unspecified atom stereocenters. The van der Waals surface area contributed by atoms with Gasteiger partial charge in [0.15, 0.2) is 5.82 Å². The number of nitrogens with one attached hydrogen (secondary N) is 1. The van der Waals surface area contributed by atoms with Gasteiger partial charge in [-0.25, -0.2) is 15.2 Å². The van der Waals surface area contributed by atoms with Crippen LogP contribution < -0.4 is 10.4 Å². The molecule has 0 atom stereocenters. The fourth-order valence-electron chi connectivity index (χ4n) is 1.63. The minimum Gasteiger partial charge on any atom is -0.443 e. The van der Waals surface area contributed by atoms with Crippen molar-refractivity contribution in [2.75, 3.05) is 11.6 Å². The minimum absolute atomic E-state index is 0.143. The van der Waals surface area contributed by atoms with E-state index in [-0.39, 0.29) is 5.28 Å². The number of rotatable bonds is 4. The number of hydrazine groups is 1. The van der Waals surface area contributed by atoms with Gasteiger partial charge in [-0.3, -0.25) is 5.01 Å². The Morgan fingerprint density at radius 2 is 2.05 bits per heavy atom. The number of aryl methyl sites for hydroxylation is 1. The summed E-state index contributed by atoms with van der Waals surface area (Å²) in [5.41, 5.74) is 2.86. The minimum atomic E-state index is -0.563. The van der Waals surface area contributed by atoms with Gasteiger partial charge in [0.25, 0.3) is 0 Å². The van der Waals surface area contributed by atoms with Crippen LogP contribution in [0, 0.1) is 12.8 Å². The monoisotopic (exact) mass is 314 g/mol. The number of ether oxygens (including phenoxy) is 1. The maximum absolute atomic E-state index is 11.9. The molecule has 1 amide bonds. The number of hydrogen-bond acceptors (Lipinski definition) is 5. The molecule has 7 heteroatoms.